The second-order valence-corrected chi connectivity index (χ2v) is 5.87. The first-order chi connectivity index (χ1) is 9.58. The Labute approximate surface area is 121 Å². The van der Waals surface area contributed by atoms with E-state index in [1.54, 1.807) is 0 Å². The van der Waals surface area contributed by atoms with Crippen molar-refractivity contribution >= 4 is 5.78 Å². The van der Waals surface area contributed by atoms with Crippen molar-refractivity contribution in [2.24, 2.45) is 5.73 Å². The summed E-state index contributed by atoms with van der Waals surface area (Å²) in [6.45, 7) is 6.68. The highest BCUT2D eigenvalue weighted by atomic mass is 16.1. The topological polar surface area (TPSA) is 64.2 Å². The van der Waals surface area contributed by atoms with E-state index < -0.39 is 0 Å². The molecule has 1 atom stereocenters. The second-order valence-electron chi connectivity index (χ2n) is 5.87. The number of carbonyl (C=O) groups is 1. The first-order valence-electron chi connectivity index (χ1n) is 7.62. The molecule has 0 aromatic carbocycles. The van der Waals surface area contributed by atoms with Crippen LogP contribution < -0.4 is 5.73 Å². The molecule has 1 fully saturated rings. The number of piperidine rings is 1. The van der Waals surface area contributed by atoms with Crippen molar-refractivity contribution in [1.29, 1.82) is 0 Å². The minimum atomic E-state index is 0.245. The maximum Gasteiger partial charge on any atom is 0.152 e. The quantitative estimate of drug-likeness (QED) is 0.854. The van der Waals surface area contributed by atoms with Gasteiger partial charge in [0, 0.05) is 31.4 Å². The molecule has 1 aliphatic heterocycles. The van der Waals surface area contributed by atoms with Gasteiger partial charge in [-0.25, -0.2) is 0 Å². The number of ketones is 1. The van der Waals surface area contributed by atoms with E-state index in [-0.39, 0.29) is 5.78 Å². The van der Waals surface area contributed by atoms with Gasteiger partial charge in [-0.15, -0.1) is 0 Å². The lowest BCUT2D eigenvalue weighted by molar-refractivity contribution is -0.119. The number of nitrogens with two attached hydrogens (primary N) is 1. The Kier molecular flexibility index (Phi) is 5.31. The van der Waals surface area contributed by atoms with E-state index in [4.69, 9.17) is 5.73 Å². The summed E-state index contributed by atoms with van der Waals surface area (Å²) in [5.41, 5.74) is 6.75. The number of aromatic nitrogens is 2. The molecule has 0 bridgehead atoms. The van der Waals surface area contributed by atoms with Gasteiger partial charge >= 0.3 is 0 Å². The molecule has 2 N–H and O–H groups in total. The van der Waals surface area contributed by atoms with Crippen LogP contribution in [-0.2, 0) is 11.2 Å². The predicted molar refractivity (Wildman–Crippen MR) is 79.6 cm³/mol. The van der Waals surface area contributed by atoms with Gasteiger partial charge in [-0.05, 0) is 32.3 Å². The fourth-order valence-corrected chi connectivity index (χ4v) is 2.52. The van der Waals surface area contributed by atoms with E-state index >= 15 is 0 Å². The number of Topliss-reactive ketones (excluding diaryl/α,β-unsaturated/α-hetero) is 1. The maximum atomic E-state index is 12.1. The normalized spacial score (nSPS) is 19.1. The fourth-order valence-electron chi connectivity index (χ4n) is 2.52. The molecule has 0 amide bonds. The molecule has 0 radical (unpaired) electrons. The Morgan fingerprint density at radius 2 is 2.20 bits per heavy atom. The zero-order valence-electron chi connectivity index (χ0n) is 12.6. The first kappa shape index (κ1) is 15.2. The molecule has 1 unspecified atom stereocenters. The van der Waals surface area contributed by atoms with Crippen molar-refractivity contribution in [3.8, 4) is 0 Å². The molecule has 1 aromatic rings. The highest BCUT2D eigenvalue weighted by Gasteiger charge is 2.18. The molecule has 0 saturated carbocycles. The highest BCUT2D eigenvalue weighted by molar-refractivity contribution is 5.82. The van der Waals surface area contributed by atoms with Crippen LogP contribution in [0, 0.1) is 0 Å². The Morgan fingerprint density at radius 3 is 2.85 bits per heavy atom. The van der Waals surface area contributed by atoms with Crippen LogP contribution in [-0.4, -0.2) is 46.1 Å². The van der Waals surface area contributed by atoms with Crippen LogP contribution >= 0.6 is 0 Å². The van der Waals surface area contributed by atoms with Gasteiger partial charge in [-0.3, -0.25) is 14.4 Å². The smallest absolute Gasteiger partial charge is 0.152 e. The number of likely N-dealkylation sites (tertiary alicyclic amines) is 1. The summed E-state index contributed by atoms with van der Waals surface area (Å²) < 4.78 is 1.95. The zero-order chi connectivity index (χ0) is 14.5. The van der Waals surface area contributed by atoms with Crippen molar-refractivity contribution in [2.45, 2.75) is 51.6 Å². The molecule has 5 heteroatoms. The SMILES string of the molecule is CCC(C)n1ccc(CC(=O)CN2CCC(N)CC2)n1. The molecule has 1 saturated heterocycles. The molecular formula is C15H26N4O. The van der Waals surface area contributed by atoms with Gasteiger partial charge in [0.15, 0.2) is 5.78 Å². The number of hydrogen-bond acceptors (Lipinski definition) is 4. The number of nitrogens with zero attached hydrogens (tertiary/aromatic N) is 3. The van der Waals surface area contributed by atoms with Gasteiger partial charge in [-0.1, -0.05) is 6.92 Å². The molecule has 5 nitrogen and oxygen atoms in total. The second kappa shape index (κ2) is 6.99. The third kappa shape index (κ3) is 4.15. The summed E-state index contributed by atoms with van der Waals surface area (Å²) in [6.07, 6.45) is 5.44. The molecule has 1 aromatic heterocycles. The Balaban J connectivity index is 1.81. The van der Waals surface area contributed by atoms with Crippen LogP contribution in [0.1, 0.15) is 44.8 Å². The highest BCUT2D eigenvalue weighted by Crippen LogP contribution is 2.11. The molecule has 2 heterocycles. The number of carbonyl (C=O) groups excluding carboxylic acids is 1. The van der Waals surface area contributed by atoms with E-state index in [0.717, 1.165) is 38.0 Å². The average molecular weight is 278 g/mol. The Morgan fingerprint density at radius 1 is 1.50 bits per heavy atom. The van der Waals surface area contributed by atoms with Gasteiger partial charge < -0.3 is 5.73 Å². The van der Waals surface area contributed by atoms with Crippen molar-refractivity contribution < 1.29 is 4.79 Å². The van der Waals surface area contributed by atoms with Gasteiger partial charge in [-0.2, -0.15) is 5.10 Å². The summed E-state index contributed by atoms with van der Waals surface area (Å²) in [7, 11) is 0. The minimum Gasteiger partial charge on any atom is -0.328 e. The lowest BCUT2D eigenvalue weighted by Crippen LogP contribution is -2.42. The Hall–Kier alpha value is -1.20. The van der Waals surface area contributed by atoms with E-state index in [2.05, 4.69) is 23.8 Å². The standard InChI is InChI=1S/C15H26N4O/c1-3-12(2)19-9-6-14(17-19)10-15(20)11-18-7-4-13(16)5-8-18/h6,9,12-13H,3-5,7-8,10-11,16H2,1-2H3. The van der Waals surface area contributed by atoms with Gasteiger partial charge in [0.1, 0.15) is 0 Å². The van der Waals surface area contributed by atoms with Gasteiger partial charge in [0.25, 0.3) is 0 Å². The third-order valence-electron chi connectivity index (χ3n) is 4.12. The first-order valence-corrected chi connectivity index (χ1v) is 7.62. The largest absolute Gasteiger partial charge is 0.328 e. The molecule has 2 rings (SSSR count). The van der Waals surface area contributed by atoms with E-state index in [0.29, 0.717) is 25.0 Å². The van der Waals surface area contributed by atoms with Crippen LogP contribution in [0.2, 0.25) is 0 Å². The number of rotatable bonds is 6. The predicted octanol–water partition coefficient (Wildman–Crippen LogP) is 1.39. The average Bonchev–Trinajstić information content (AvgIpc) is 2.89. The van der Waals surface area contributed by atoms with Gasteiger partial charge in [0.2, 0.25) is 0 Å². The van der Waals surface area contributed by atoms with Crippen LogP contribution in [0.3, 0.4) is 0 Å². The monoisotopic (exact) mass is 278 g/mol. The Bertz CT molecular complexity index is 435. The van der Waals surface area contributed by atoms with E-state index in [1.807, 2.05) is 16.9 Å². The van der Waals surface area contributed by atoms with Crippen LogP contribution in [0.15, 0.2) is 12.3 Å². The fraction of sp³-hybridized carbons (Fsp3) is 0.733. The summed E-state index contributed by atoms with van der Waals surface area (Å²) >= 11 is 0. The third-order valence-corrected chi connectivity index (χ3v) is 4.12. The molecule has 20 heavy (non-hydrogen) atoms. The van der Waals surface area contributed by atoms with Crippen molar-refractivity contribution in [3.05, 3.63) is 18.0 Å². The van der Waals surface area contributed by atoms with Crippen LogP contribution in [0.4, 0.5) is 0 Å². The lowest BCUT2D eigenvalue weighted by atomic mass is 10.1. The summed E-state index contributed by atoms with van der Waals surface area (Å²) in [4.78, 5) is 14.3. The lowest BCUT2D eigenvalue weighted by Gasteiger charge is -2.29. The summed E-state index contributed by atoms with van der Waals surface area (Å²) in [6, 6.07) is 2.66. The minimum absolute atomic E-state index is 0.245. The van der Waals surface area contributed by atoms with Gasteiger partial charge in [0.05, 0.1) is 18.7 Å². The summed E-state index contributed by atoms with van der Waals surface area (Å²) in [5, 5.41) is 4.48. The number of hydrogen-bond donors (Lipinski definition) is 1. The molecule has 112 valence electrons. The molecular weight excluding hydrogens is 252 g/mol. The molecule has 0 spiro atoms. The van der Waals surface area contributed by atoms with E-state index in [1.165, 1.54) is 0 Å². The zero-order valence-corrected chi connectivity index (χ0v) is 12.6. The maximum absolute atomic E-state index is 12.1. The van der Waals surface area contributed by atoms with Crippen molar-refractivity contribution in [2.75, 3.05) is 19.6 Å². The van der Waals surface area contributed by atoms with E-state index in [9.17, 15) is 4.79 Å². The summed E-state index contributed by atoms with van der Waals surface area (Å²) in [5.74, 6) is 0.245. The van der Waals surface area contributed by atoms with Crippen LogP contribution in [0.25, 0.3) is 0 Å². The molecule has 0 aliphatic carbocycles. The molecule has 1 aliphatic rings. The van der Waals surface area contributed by atoms with Crippen LogP contribution in [0.5, 0.6) is 0 Å². The van der Waals surface area contributed by atoms with Crippen molar-refractivity contribution in [3.63, 3.8) is 0 Å². The van der Waals surface area contributed by atoms with Crippen molar-refractivity contribution in [1.82, 2.24) is 14.7 Å².